The molecule has 126 valence electrons. The molecule has 2 heterocycles. The number of carbonyl (C=O) groups is 1. The van der Waals surface area contributed by atoms with E-state index in [0.717, 1.165) is 27.9 Å². The minimum atomic E-state index is 0.0893. The van der Waals surface area contributed by atoms with Crippen LogP contribution in [0.1, 0.15) is 27.5 Å². The van der Waals surface area contributed by atoms with Crippen LogP contribution < -0.4 is 0 Å². The second-order valence-electron chi connectivity index (χ2n) is 6.69. The fraction of sp³-hybridized carbons (Fsp3) is 0.250. The molecule has 0 aliphatic carbocycles. The van der Waals surface area contributed by atoms with Crippen molar-refractivity contribution >= 4 is 5.91 Å². The van der Waals surface area contributed by atoms with E-state index in [0.29, 0.717) is 13.1 Å². The predicted octanol–water partition coefficient (Wildman–Crippen LogP) is 3.26. The molecule has 0 saturated carbocycles. The van der Waals surface area contributed by atoms with Crippen LogP contribution in [0.25, 0.3) is 11.3 Å². The Hall–Kier alpha value is -2.95. The van der Waals surface area contributed by atoms with Gasteiger partial charge in [0, 0.05) is 24.2 Å². The molecule has 0 spiro atoms. The molecule has 0 unspecified atom stereocenters. The van der Waals surface area contributed by atoms with Crippen LogP contribution in [-0.4, -0.2) is 38.9 Å². The van der Waals surface area contributed by atoms with Crippen molar-refractivity contribution in [2.24, 2.45) is 0 Å². The molecule has 1 aliphatic rings. The lowest BCUT2D eigenvalue weighted by molar-refractivity contribution is 0.0498. The van der Waals surface area contributed by atoms with Gasteiger partial charge in [-0.2, -0.15) is 0 Å². The van der Waals surface area contributed by atoms with Crippen molar-refractivity contribution in [1.82, 2.24) is 19.9 Å². The Balaban J connectivity index is 1.44. The summed E-state index contributed by atoms with van der Waals surface area (Å²) in [6.07, 6.45) is 1.96. The van der Waals surface area contributed by atoms with Gasteiger partial charge in [0.1, 0.15) is 5.69 Å². The number of likely N-dealkylation sites (tertiary alicyclic amines) is 1. The maximum atomic E-state index is 12.6. The van der Waals surface area contributed by atoms with Crippen molar-refractivity contribution in [3.63, 3.8) is 0 Å². The molecule has 0 N–H and O–H groups in total. The van der Waals surface area contributed by atoms with Gasteiger partial charge in [0.25, 0.3) is 5.91 Å². The van der Waals surface area contributed by atoms with Crippen LogP contribution in [0.4, 0.5) is 0 Å². The van der Waals surface area contributed by atoms with E-state index >= 15 is 0 Å². The number of nitrogens with zero attached hydrogens (tertiary/aromatic N) is 4. The highest BCUT2D eigenvalue weighted by molar-refractivity contribution is 5.95. The van der Waals surface area contributed by atoms with E-state index in [1.807, 2.05) is 72.1 Å². The van der Waals surface area contributed by atoms with Gasteiger partial charge >= 0.3 is 0 Å². The van der Waals surface area contributed by atoms with Gasteiger partial charge in [0.15, 0.2) is 0 Å². The third kappa shape index (κ3) is 3.05. The van der Waals surface area contributed by atoms with Crippen molar-refractivity contribution in [3.05, 3.63) is 71.4 Å². The Morgan fingerprint density at radius 1 is 1.04 bits per heavy atom. The summed E-state index contributed by atoms with van der Waals surface area (Å²) >= 11 is 0. The zero-order chi connectivity index (χ0) is 17.4. The summed E-state index contributed by atoms with van der Waals surface area (Å²) in [6.45, 7) is 5.37. The van der Waals surface area contributed by atoms with Crippen LogP contribution in [0, 0.1) is 13.8 Å². The first-order valence-corrected chi connectivity index (χ1v) is 8.45. The highest BCUT2D eigenvalue weighted by Gasteiger charge is 2.33. The zero-order valence-electron chi connectivity index (χ0n) is 14.4. The summed E-state index contributed by atoms with van der Waals surface area (Å²) in [7, 11) is 0. The van der Waals surface area contributed by atoms with Gasteiger partial charge in [0.2, 0.25) is 0 Å². The Morgan fingerprint density at radius 2 is 1.72 bits per heavy atom. The molecule has 0 radical (unpaired) electrons. The third-order valence-electron chi connectivity index (χ3n) is 4.57. The minimum absolute atomic E-state index is 0.0893. The van der Waals surface area contributed by atoms with Gasteiger partial charge in [-0.15, -0.1) is 5.10 Å². The molecule has 3 aromatic rings. The number of amides is 1. The lowest BCUT2D eigenvalue weighted by Crippen LogP contribution is -2.50. The first-order chi connectivity index (χ1) is 12.1. The molecule has 1 aromatic heterocycles. The molecule has 1 aliphatic heterocycles. The monoisotopic (exact) mass is 332 g/mol. The number of hydrogen-bond donors (Lipinski definition) is 0. The largest absolute Gasteiger partial charge is 0.334 e. The highest BCUT2D eigenvalue weighted by atomic mass is 16.2. The van der Waals surface area contributed by atoms with Gasteiger partial charge < -0.3 is 4.90 Å². The molecule has 1 fully saturated rings. The fourth-order valence-electron chi connectivity index (χ4n) is 3.27. The number of carbonyl (C=O) groups excluding carboxylic acids is 1. The van der Waals surface area contributed by atoms with Crippen molar-refractivity contribution in [2.75, 3.05) is 13.1 Å². The number of aromatic nitrogens is 3. The van der Waals surface area contributed by atoms with Crippen LogP contribution in [-0.2, 0) is 0 Å². The Morgan fingerprint density at radius 3 is 2.40 bits per heavy atom. The number of rotatable bonds is 3. The van der Waals surface area contributed by atoms with Gasteiger partial charge in [0.05, 0.1) is 12.2 Å². The number of benzene rings is 2. The number of hydrogen-bond acceptors (Lipinski definition) is 3. The molecule has 0 bridgehead atoms. The van der Waals surface area contributed by atoms with Crippen LogP contribution >= 0.6 is 0 Å². The Labute approximate surface area is 146 Å². The SMILES string of the molecule is Cc1cc(C)cc(C(=O)N2CC(n3cc(-c4ccccc4)nn3)C2)c1. The zero-order valence-corrected chi connectivity index (χ0v) is 14.4. The molecule has 1 saturated heterocycles. The molecular weight excluding hydrogens is 312 g/mol. The lowest BCUT2D eigenvalue weighted by atomic mass is 10.0. The topological polar surface area (TPSA) is 51.0 Å². The first kappa shape index (κ1) is 15.6. The third-order valence-corrected chi connectivity index (χ3v) is 4.57. The standard InChI is InChI=1S/C20H20N4O/c1-14-8-15(2)10-17(9-14)20(25)23-11-18(12-23)24-13-19(21-22-24)16-6-4-3-5-7-16/h3-10,13,18H,11-12H2,1-2H3. The molecule has 2 aromatic carbocycles. The maximum Gasteiger partial charge on any atom is 0.254 e. The van der Waals surface area contributed by atoms with E-state index in [4.69, 9.17) is 0 Å². The Bertz CT molecular complexity index is 890. The van der Waals surface area contributed by atoms with Crippen molar-refractivity contribution in [2.45, 2.75) is 19.9 Å². The predicted molar refractivity (Wildman–Crippen MR) is 96.3 cm³/mol. The molecule has 1 amide bonds. The maximum absolute atomic E-state index is 12.6. The van der Waals surface area contributed by atoms with Crippen LogP contribution in [0.5, 0.6) is 0 Å². The van der Waals surface area contributed by atoms with Gasteiger partial charge in [-0.25, -0.2) is 4.68 Å². The average molecular weight is 332 g/mol. The van der Waals surface area contributed by atoms with E-state index in [-0.39, 0.29) is 11.9 Å². The molecular formula is C20H20N4O. The fourth-order valence-corrected chi connectivity index (χ4v) is 3.27. The number of aryl methyl sites for hydroxylation is 2. The van der Waals surface area contributed by atoms with E-state index in [2.05, 4.69) is 16.4 Å². The second-order valence-corrected chi connectivity index (χ2v) is 6.69. The van der Waals surface area contributed by atoms with E-state index in [1.165, 1.54) is 0 Å². The molecule has 5 heteroatoms. The second kappa shape index (κ2) is 6.16. The van der Waals surface area contributed by atoms with Crippen LogP contribution in [0.15, 0.2) is 54.7 Å². The molecule has 4 rings (SSSR count). The van der Waals surface area contributed by atoms with Gasteiger partial charge in [-0.3, -0.25) is 4.79 Å². The molecule has 25 heavy (non-hydrogen) atoms. The summed E-state index contributed by atoms with van der Waals surface area (Å²) in [4.78, 5) is 14.5. The summed E-state index contributed by atoms with van der Waals surface area (Å²) < 4.78 is 1.87. The van der Waals surface area contributed by atoms with E-state index in [1.54, 1.807) is 0 Å². The summed E-state index contributed by atoms with van der Waals surface area (Å²) in [6, 6.07) is 16.2. The van der Waals surface area contributed by atoms with E-state index in [9.17, 15) is 4.79 Å². The highest BCUT2D eigenvalue weighted by Crippen LogP contribution is 2.25. The summed E-state index contributed by atoms with van der Waals surface area (Å²) in [5.41, 5.74) is 4.91. The van der Waals surface area contributed by atoms with Crippen LogP contribution in [0.2, 0.25) is 0 Å². The van der Waals surface area contributed by atoms with Crippen molar-refractivity contribution < 1.29 is 4.79 Å². The minimum Gasteiger partial charge on any atom is -0.334 e. The quantitative estimate of drug-likeness (QED) is 0.740. The van der Waals surface area contributed by atoms with Crippen molar-refractivity contribution in [3.8, 4) is 11.3 Å². The van der Waals surface area contributed by atoms with Crippen LogP contribution in [0.3, 0.4) is 0 Å². The Kier molecular flexibility index (Phi) is 3.84. The summed E-state index contributed by atoms with van der Waals surface area (Å²) in [5.74, 6) is 0.0893. The molecule has 5 nitrogen and oxygen atoms in total. The van der Waals surface area contributed by atoms with E-state index < -0.39 is 0 Å². The van der Waals surface area contributed by atoms with Gasteiger partial charge in [-0.1, -0.05) is 52.7 Å². The first-order valence-electron chi connectivity index (χ1n) is 8.45. The smallest absolute Gasteiger partial charge is 0.254 e. The summed E-state index contributed by atoms with van der Waals surface area (Å²) in [5, 5.41) is 8.49. The van der Waals surface area contributed by atoms with Crippen molar-refractivity contribution in [1.29, 1.82) is 0 Å². The van der Waals surface area contributed by atoms with Gasteiger partial charge in [-0.05, 0) is 26.0 Å². The lowest BCUT2D eigenvalue weighted by Gasteiger charge is -2.39. The normalized spacial score (nSPS) is 14.4. The molecule has 0 atom stereocenters. The average Bonchev–Trinajstić information content (AvgIpc) is 3.03.